The number of rotatable bonds is 5. The van der Waals surface area contributed by atoms with Crippen LogP contribution in [0.4, 0.5) is 0 Å². The van der Waals surface area contributed by atoms with Gasteiger partial charge in [-0.1, -0.05) is 18.2 Å². The first-order valence-electron chi connectivity index (χ1n) is 5.91. The standard InChI is InChI=1S/C13H13N3O3S/c1-8(17)15-11(13(18)19)7-20-12-6-14-16-10-5-3-2-4-9(10)12/h2-6,11H,7H2,1H3,(H,15,17)(H,18,19)/t11-/m0/s1. The summed E-state index contributed by atoms with van der Waals surface area (Å²) in [6.07, 6.45) is 1.60. The Bertz CT molecular complexity index is 642. The van der Waals surface area contributed by atoms with E-state index in [0.717, 1.165) is 15.8 Å². The maximum Gasteiger partial charge on any atom is 0.327 e. The molecule has 7 heteroatoms. The minimum absolute atomic E-state index is 0.227. The number of nitrogens with one attached hydrogen (secondary N) is 1. The molecule has 104 valence electrons. The maximum absolute atomic E-state index is 11.1. The van der Waals surface area contributed by atoms with Crippen molar-refractivity contribution in [3.05, 3.63) is 30.5 Å². The summed E-state index contributed by atoms with van der Waals surface area (Å²) in [6.45, 7) is 1.30. The van der Waals surface area contributed by atoms with Gasteiger partial charge >= 0.3 is 5.97 Å². The molecule has 1 atom stereocenters. The molecule has 0 bridgehead atoms. The van der Waals surface area contributed by atoms with Crippen molar-refractivity contribution >= 4 is 34.5 Å². The summed E-state index contributed by atoms with van der Waals surface area (Å²) in [6, 6.07) is 6.57. The molecule has 0 aliphatic carbocycles. The molecule has 0 saturated carbocycles. The van der Waals surface area contributed by atoms with E-state index >= 15 is 0 Å². The van der Waals surface area contributed by atoms with Gasteiger partial charge in [-0.05, 0) is 6.07 Å². The molecule has 1 heterocycles. The summed E-state index contributed by atoms with van der Waals surface area (Å²) < 4.78 is 0. The molecule has 0 radical (unpaired) electrons. The zero-order valence-electron chi connectivity index (χ0n) is 10.7. The Labute approximate surface area is 119 Å². The number of aliphatic carboxylic acids is 1. The van der Waals surface area contributed by atoms with Gasteiger partial charge in [0.15, 0.2) is 0 Å². The van der Waals surface area contributed by atoms with E-state index in [1.165, 1.54) is 18.7 Å². The molecular weight excluding hydrogens is 278 g/mol. The van der Waals surface area contributed by atoms with Crippen molar-refractivity contribution in [2.24, 2.45) is 0 Å². The van der Waals surface area contributed by atoms with Crippen LogP contribution in [0.2, 0.25) is 0 Å². The Balaban J connectivity index is 2.15. The zero-order chi connectivity index (χ0) is 14.5. The number of hydrogen-bond donors (Lipinski definition) is 2. The number of carboxylic acid groups (broad SMARTS) is 1. The van der Waals surface area contributed by atoms with Crippen LogP contribution in [-0.4, -0.2) is 39.0 Å². The first-order valence-corrected chi connectivity index (χ1v) is 6.89. The van der Waals surface area contributed by atoms with Gasteiger partial charge in [0.25, 0.3) is 0 Å². The van der Waals surface area contributed by atoms with Gasteiger partial charge in [0, 0.05) is 23.0 Å². The lowest BCUT2D eigenvalue weighted by atomic mass is 10.2. The molecule has 1 amide bonds. The van der Waals surface area contributed by atoms with Crippen molar-refractivity contribution in [3.63, 3.8) is 0 Å². The fourth-order valence-electron chi connectivity index (χ4n) is 1.69. The number of carboxylic acids is 1. The Morgan fingerprint density at radius 1 is 1.40 bits per heavy atom. The molecule has 0 aliphatic rings. The molecule has 20 heavy (non-hydrogen) atoms. The Morgan fingerprint density at radius 2 is 2.15 bits per heavy atom. The normalized spacial score (nSPS) is 12.1. The van der Waals surface area contributed by atoms with Gasteiger partial charge < -0.3 is 10.4 Å². The van der Waals surface area contributed by atoms with E-state index in [0.29, 0.717) is 0 Å². The van der Waals surface area contributed by atoms with E-state index in [2.05, 4.69) is 15.5 Å². The molecular formula is C13H13N3O3S. The molecule has 2 rings (SSSR count). The van der Waals surface area contributed by atoms with Gasteiger partial charge in [-0.2, -0.15) is 10.2 Å². The third-order valence-electron chi connectivity index (χ3n) is 2.59. The number of hydrogen-bond acceptors (Lipinski definition) is 5. The van der Waals surface area contributed by atoms with E-state index in [4.69, 9.17) is 5.11 Å². The summed E-state index contributed by atoms with van der Waals surface area (Å²) in [5.74, 6) is -1.19. The fourth-order valence-corrected chi connectivity index (χ4v) is 2.71. The number of carbonyl (C=O) groups is 2. The summed E-state index contributed by atoms with van der Waals surface area (Å²) >= 11 is 1.33. The van der Waals surface area contributed by atoms with Gasteiger partial charge in [0.05, 0.1) is 11.7 Å². The highest BCUT2D eigenvalue weighted by Gasteiger charge is 2.19. The zero-order valence-corrected chi connectivity index (χ0v) is 11.6. The minimum Gasteiger partial charge on any atom is -0.480 e. The molecule has 1 aromatic heterocycles. The largest absolute Gasteiger partial charge is 0.480 e. The molecule has 0 saturated heterocycles. The maximum atomic E-state index is 11.1. The summed E-state index contributed by atoms with van der Waals surface area (Å²) in [5, 5.41) is 20.3. The second-order valence-corrected chi connectivity index (χ2v) is 5.19. The Morgan fingerprint density at radius 3 is 2.85 bits per heavy atom. The average Bonchev–Trinajstić information content (AvgIpc) is 2.42. The first kappa shape index (κ1) is 14.3. The molecule has 0 aliphatic heterocycles. The van der Waals surface area contributed by atoms with Gasteiger partial charge in [-0.3, -0.25) is 4.79 Å². The van der Waals surface area contributed by atoms with Crippen molar-refractivity contribution in [1.82, 2.24) is 15.5 Å². The van der Waals surface area contributed by atoms with Crippen LogP contribution in [0, 0.1) is 0 Å². The van der Waals surface area contributed by atoms with E-state index < -0.39 is 12.0 Å². The highest BCUT2D eigenvalue weighted by Crippen LogP contribution is 2.25. The van der Waals surface area contributed by atoms with Crippen LogP contribution in [0.25, 0.3) is 10.9 Å². The average molecular weight is 291 g/mol. The predicted octanol–water partition coefficient (Wildman–Crippen LogP) is 1.31. The number of fused-ring (bicyclic) bond motifs is 1. The van der Waals surface area contributed by atoms with Crippen LogP contribution < -0.4 is 5.32 Å². The SMILES string of the molecule is CC(=O)N[C@@H](CSc1cnnc2ccccc12)C(=O)O. The quantitative estimate of drug-likeness (QED) is 0.807. The number of aromatic nitrogens is 2. The van der Waals surface area contributed by atoms with Crippen LogP contribution in [0.1, 0.15) is 6.92 Å². The third-order valence-corrected chi connectivity index (χ3v) is 3.73. The van der Waals surface area contributed by atoms with Gasteiger partial charge in [-0.15, -0.1) is 11.8 Å². The Kier molecular flexibility index (Phi) is 4.52. The monoisotopic (exact) mass is 291 g/mol. The van der Waals surface area contributed by atoms with Crippen molar-refractivity contribution < 1.29 is 14.7 Å². The van der Waals surface area contributed by atoms with Crippen LogP contribution >= 0.6 is 11.8 Å². The Hall–Kier alpha value is -2.15. The van der Waals surface area contributed by atoms with Crippen LogP contribution in [0.3, 0.4) is 0 Å². The molecule has 6 nitrogen and oxygen atoms in total. The minimum atomic E-state index is -1.06. The first-order chi connectivity index (χ1) is 9.58. The lowest BCUT2D eigenvalue weighted by Crippen LogP contribution is -2.41. The second-order valence-electron chi connectivity index (χ2n) is 4.13. The van der Waals surface area contributed by atoms with E-state index in [1.807, 2.05) is 24.3 Å². The molecule has 0 unspecified atom stereocenters. The number of nitrogens with zero attached hydrogens (tertiary/aromatic N) is 2. The van der Waals surface area contributed by atoms with Crippen LogP contribution in [-0.2, 0) is 9.59 Å². The summed E-state index contributed by atoms with van der Waals surface area (Å²) in [5.41, 5.74) is 0.754. The summed E-state index contributed by atoms with van der Waals surface area (Å²) in [7, 11) is 0. The molecule has 0 spiro atoms. The molecule has 2 N–H and O–H groups in total. The third kappa shape index (κ3) is 3.45. The van der Waals surface area contributed by atoms with Crippen molar-refractivity contribution in [1.29, 1.82) is 0 Å². The van der Waals surface area contributed by atoms with Gasteiger partial charge in [0.1, 0.15) is 6.04 Å². The van der Waals surface area contributed by atoms with E-state index in [-0.39, 0.29) is 11.7 Å². The summed E-state index contributed by atoms with van der Waals surface area (Å²) in [4.78, 5) is 22.9. The fraction of sp³-hybridized carbons (Fsp3) is 0.231. The van der Waals surface area contributed by atoms with Gasteiger partial charge in [0.2, 0.25) is 5.91 Å². The highest BCUT2D eigenvalue weighted by atomic mass is 32.2. The number of amides is 1. The smallest absolute Gasteiger partial charge is 0.327 e. The van der Waals surface area contributed by atoms with E-state index in [1.54, 1.807) is 6.20 Å². The van der Waals surface area contributed by atoms with Crippen molar-refractivity contribution in [2.45, 2.75) is 17.9 Å². The van der Waals surface area contributed by atoms with Crippen LogP contribution in [0.15, 0.2) is 35.4 Å². The highest BCUT2D eigenvalue weighted by molar-refractivity contribution is 7.99. The van der Waals surface area contributed by atoms with Crippen LogP contribution in [0.5, 0.6) is 0 Å². The van der Waals surface area contributed by atoms with Crippen molar-refractivity contribution in [3.8, 4) is 0 Å². The topological polar surface area (TPSA) is 92.2 Å². The molecule has 0 fully saturated rings. The predicted molar refractivity (Wildman–Crippen MR) is 75.5 cm³/mol. The number of thioether (sulfide) groups is 1. The molecule has 2 aromatic rings. The van der Waals surface area contributed by atoms with Crippen molar-refractivity contribution in [2.75, 3.05) is 5.75 Å². The van der Waals surface area contributed by atoms with E-state index in [9.17, 15) is 9.59 Å². The molecule has 1 aromatic carbocycles. The van der Waals surface area contributed by atoms with Gasteiger partial charge in [-0.25, -0.2) is 4.79 Å². The lowest BCUT2D eigenvalue weighted by molar-refractivity contribution is -0.140. The number of carbonyl (C=O) groups excluding carboxylic acids is 1. The lowest BCUT2D eigenvalue weighted by Gasteiger charge is -2.13. The second kappa shape index (κ2) is 6.33. The number of benzene rings is 1.